The summed E-state index contributed by atoms with van der Waals surface area (Å²) in [6, 6.07) is 17.7. The van der Waals surface area contributed by atoms with E-state index in [1.807, 2.05) is 63.2 Å². The quantitative estimate of drug-likeness (QED) is 0.819. The van der Waals surface area contributed by atoms with Crippen LogP contribution in [0.4, 0.5) is 0 Å². The van der Waals surface area contributed by atoms with Crippen molar-refractivity contribution in [3.05, 3.63) is 71.3 Å². The molecule has 0 saturated carbocycles. The zero-order valence-electron chi connectivity index (χ0n) is 13.1. The van der Waals surface area contributed by atoms with Crippen molar-refractivity contribution in [2.24, 2.45) is 0 Å². The summed E-state index contributed by atoms with van der Waals surface area (Å²) in [6.07, 6.45) is 0. The number of rotatable bonds is 1. The van der Waals surface area contributed by atoms with Crippen LogP contribution in [-0.4, -0.2) is 13.0 Å². The molecule has 2 aromatic rings. The summed E-state index contributed by atoms with van der Waals surface area (Å²) in [7, 11) is 1.63. The molecule has 0 fully saturated rings. The Kier molecular flexibility index (Phi) is 9.67. The lowest BCUT2D eigenvalue weighted by molar-refractivity contribution is 0.0963. The summed E-state index contributed by atoms with van der Waals surface area (Å²) >= 11 is 0. The maximum atomic E-state index is 11.0. The Morgan fingerprint density at radius 1 is 0.800 bits per heavy atom. The summed E-state index contributed by atoms with van der Waals surface area (Å²) in [5.41, 5.74) is 3.19. The molecular weight excluding hydrogens is 246 g/mol. The fourth-order valence-corrected chi connectivity index (χ4v) is 1.38. The van der Waals surface area contributed by atoms with Crippen molar-refractivity contribution in [2.75, 3.05) is 7.05 Å². The fraction of sp³-hybridized carbons (Fsp3) is 0.278. The Morgan fingerprint density at radius 2 is 1.25 bits per heavy atom. The Bertz CT molecular complexity index is 475. The summed E-state index contributed by atoms with van der Waals surface area (Å²) < 4.78 is 0. The standard InChI is InChI=1S/C9H11NO.C7H8.C2H6/c1-7-3-5-8(6-4-7)9(11)10-2;1-7-5-3-2-4-6-7;1-2/h3-6H,1-2H3,(H,10,11);2-6H,1H3;1-2H3. The zero-order valence-corrected chi connectivity index (χ0v) is 13.1. The molecular formula is C18H25NO. The van der Waals surface area contributed by atoms with E-state index in [0.717, 1.165) is 5.56 Å². The van der Waals surface area contributed by atoms with Crippen LogP contribution in [-0.2, 0) is 0 Å². The number of carbonyl (C=O) groups excluding carboxylic acids is 1. The monoisotopic (exact) mass is 271 g/mol. The lowest BCUT2D eigenvalue weighted by Gasteiger charge is -1.98. The highest BCUT2D eigenvalue weighted by atomic mass is 16.1. The molecule has 2 aromatic carbocycles. The van der Waals surface area contributed by atoms with Gasteiger partial charge in [-0.3, -0.25) is 4.79 Å². The number of amides is 1. The highest BCUT2D eigenvalue weighted by Crippen LogP contribution is 2.01. The van der Waals surface area contributed by atoms with E-state index in [-0.39, 0.29) is 5.91 Å². The number of benzene rings is 2. The molecule has 0 unspecified atom stereocenters. The third-order valence-electron chi connectivity index (χ3n) is 2.48. The second-order valence-electron chi connectivity index (χ2n) is 4.10. The molecule has 108 valence electrons. The number of hydrogen-bond donors (Lipinski definition) is 1. The van der Waals surface area contributed by atoms with E-state index in [2.05, 4.69) is 24.4 Å². The molecule has 0 aliphatic rings. The van der Waals surface area contributed by atoms with Gasteiger partial charge < -0.3 is 5.32 Å². The van der Waals surface area contributed by atoms with E-state index in [9.17, 15) is 4.79 Å². The summed E-state index contributed by atoms with van der Waals surface area (Å²) in [5, 5.41) is 2.56. The van der Waals surface area contributed by atoms with Crippen LogP contribution in [0.5, 0.6) is 0 Å². The van der Waals surface area contributed by atoms with Gasteiger partial charge in [-0.15, -0.1) is 0 Å². The largest absolute Gasteiger partial charge is 0.355 e. The normalized spacial score (nSPS) is 8.45. The van der Waals surface area contributed by atoms with Crippen molar-refractivity contribution < 1.29 is 4.79 Å². The maximum absolute atomic E-state index is 11.0. The van der Waals surface area contributed by atoms with Crippen molar-refractivity contribution in [3.63, 3.8) is 0 Å². The van der Waals surface area contributed by atoms with E-state index >= 15 is 0 Å². The number of nitrogens with one attached hydrogen (secondary N) is 1. The van der Waals surface area contributed by atoms with Crippen molar-refractivity contribution in [2.45, 2.75) is 27.7 Å². The average Bonchev–Trinajstić information content (AvgIpc) is 2.51. The average molecular weight is 271 g/mol. The minimum atomic E-state index is -0.0370. The second kappa shape index (κ2) is 10.8. The molecule has 0 aromatic heterocycles. The van der Waals surface area contributed by atoms with Crippen molar-refractivity contribution in [3.8, 4) is 0 Å². The van der Waals surface area contributed by atoms with E-state index < -0.39 is 0 Å². The number of carbonyl (C=O) groups is 1. The molecule has 0 aliphatic heterocycles. The van der Waals surface area contributed by atoms with Crippen LogP contribution in [0.1, 0.15) is 35.3 Å². The van der Waals surface area contributed by atoms with Gasteiger partial charge in [-0.25, -0.2) is 0 Å². The SMILES string of the molecule is CC.CNC(=O)c1ccc(C)cc1.Cc1ccccc1. The van der Waals surface area contributed by atoms with Crippen LogP contribution < -0.4 is 5.32 Å². The van der Waals surface area contributed by atoms with E-state index in [0.29, 0.717) is 5.56 Å². The first-order chi connectivity index (χ1) is 9.63. The maximum Gasteiger partial charge on any atom is 0.251 e. The van der Waals surface area contributed by atoms with Gasteiger partial charge in [-0.1, -0.05) is 67.4 Å². The predicted octanol–water partition coefficient (Wildman–Crippen LogP) is 4.38. The number of aryl methyl sites for hydroxylation is 2. The third-order valence-corrected chi connectivity index (χ3v) is 2.48. The second-order valence-corrected chi connectivity index (χ2v) is 4.10. The van der Waals surface area contributed by atoms with Crippen LogP contribution in [0.25, 0.3) is 0 Å². The van der Waals surface area contributed by atoms with Crippen molar-refractivity contribution >= 4 is 5.91 Å². The molecule has 1 N–H and O–H groups in total. The van der Waals surface area contributed by atoms with Gasteiger partial charge in [0, 0.05) is 12.6 Å². The van der Waals surface area contributed by atoms with Gasteiger partial charge >= 0.3 is 0 Å². The first kappa shape index (κ1) is 17.9. The summed E-state index contributed by atoms with van der Waals surface area (Å²) in [4.78, 5) is 11.0. The number of hydrogen-bond acceptors (Lipinski definition) is 1. The third kappa shape index (κ3) is 7.37. The van der Waals surface area contributed by atoms with Crippen molar-refractivity contribution in [1.82, 2.24) is 5.32 Å². The van der Waals surface area contributed by atoms with Crippen LogP contribution in [0.2, 0.25) is 0 Å². The topological polar surface area (TPSA) is 29.1 Å². The van der Waals surface area contributed by atoms with Gasteiger partial charge in [-0.05, 0) is 26.0 Å². The van der Waals surface area contributed by atoms with Gasteiger partial charge in [0.25, 0.3) is 5.91 Å². The molecule has 2 nitrogen and oxygen atoms in total. The van der Waals surface area contributed by atoms with Gasteiger partial charge in [0.05, 0.1) is 0 Å². The lowest BCUT2D eigenvalue weighted by Crippen LogP contribution is -2.17. The Balaban J connectivity index is 0.000000345. The molecule has 2 heteroatoms. The molecule has 2 rings (SSSR count). The predicted molar refractivity (Wildman–Crippen MR) is 87.1 cm³/mol. The Hall–Kier alpha value is -2.09. The van der Waals surface area contributed by atoms with Gasteiger partial charge in [0.2, 0.25) is 0 Å². The molecule has 0 atom stereocenters. The molecule has 0 bridgehead atoms. The zero-order chi connectivity index (χ0) is 15.4. The minimum absolute atomic E-state index is 0.0370. The minimum Gasteiger partial charge on any atom is -0.355 e. The first-order valence-corrected chi connectivity index (χ1v) is 6.94. The van der Waals surface area contributed by atoms with Crippen molar-refractivity contribution in [1.29, 1.82) is 0 Å². The van der Waals surface area contributed by atoms with Gasteiger partial charge in [0.15, 0.2) is 0 Å². The van der Waals surface area contributed by atoms with Crippen LogP contribution >= 0.6 is 0 Å². The highest BCUT2D eigenvalue weighted by molar-refractivity contribution is 5.93. The molecule has 0 radical (unpaired) electrons. The molecule has 0 heterocycles. The van der Waals surface area contributed by atoms with E-state index in [4.69, 9.17) is 0 Å². The molecule has 0 spiro atoms. The summed E-state index contributed by atoms with van der Waals surface area (Å²) in [5.74, 6) is -0.0370. The Labute approximate surface area is 122 Å². The highest BCUT2D eigenvalue weighted by Gasteiger charge is 1.99. The lowest BCUT2D eigenvalue weighted by atomic mass is 10.1. The Morgan fingerprint density at radius 3 is 1.60 bits per heavy atom. The smallest absolute Gasteiger partial charge is 0.251 e. The first-order valence-electron chi connectivity index (χ1n) is 6.94. The van der Waals surface area contributed by atoms with Gasteiger partial charge in [-0.2, -0.15) is 0 Å². The van der Waals surface area contributed by atoms with E-state index in [1.54, 1.807) is 7.05 Å². The summed E-state index contributed by atoms with van der Waals surface area (Å²) in [6.45, 7) is 8.08. The molecule has 1 amide bonds. The van der Waals surface area contributed by atoms with Crippen LogP contribution in [0.15, 0.2) is 54.6 Å². The van der Waals surface area contributed by atoms with Crippen LogP contribution in [0.3, 0.4) is 0 Å². The van der Waals surface area contributed by atoms with Gasteiger partial charge in [0.1, 0.15) is 0 Å². The van der Waals surface area contributed by atoms with E-state index in [1.165, 1.54) is 5.56 Å². The molecule has 0 aliphatic carbocycles. The molecule has 20 heavy (non-hydrogen) atoms. The fourth-order valence-electron chi connectivity index (χ4n) is 1.38. The molecule has 0 saturated heterocycles. The van der Waals surface area contributed by atoms with Crippen LogP contribution in [0, 0.1) is 13.8 Å².